The van der Waals surface area contributed by atoms with E-state index in [1.54, 1.807) is 13.0 Å². The summed E-state index contributed by atoms with van der Waals surface area (Å²) in [6.45, 7) is 1.07. The summed E-state index contributed by atoms with van der Waals surface area (Å²) >= 11 is 0. The van der Waals surface area contributed by atoms with Crippen LogP contribution < -0.4 is 11.1 Å². The first-order valence-electron chi connectivity index (χ1n) is 11.8. The van der Waals surface area contributed by atoms with Crippen molar-refractivity contribution in [3.63, 3.8) is 0 Å². The monoisotopic (exact) mass is 540 g/mol. The number of likely N-dealkylation sites (tertiary alicyclic amines) is 1. The average molecular weight is 540 g/mol. The van der Waals surface area contributed by atoms with Gasteiger partial charge in [0.25, 0.3) is 11.8 Å². The average Bonchev–Trinajstić information content (AvgIpc) is 3.16. The van der Waals surface area contributed by atoms with Crippen LogP contribution in [0, 0.1) is 5.92 Å². The van der Waals surface area contributed by atoms with E-state index in [1.807, 2.05) is 0 Å². The molecule has 5 rings (SSSR count). The highest BCUT2D eigenvalue weighted by atomic mass is 19.4. The van der Waals surface area contributed by atoms with Crippen LogP contribution in [0.25, 0.3) is 16.8 Å². The number of carbonyl (C=O) groups is 2. The molecule has 2 aromatic heterocycles. The summed E-state index contributed by atoms with van der Waals surface area (Å²) in [5.74, 6) is -6.50. The molecule has 0 spiro atoms. The summed E-state index contributed by atoms with van der Waals surface area (Å²) in [5, 5.41) is 6.41. The number of nitrogens with zero attached hydrogens (tertiary/aromatic N) is 4. The number of aromatic nitrogens is 3. The van der Waals surface area contributed by atoms with Gasteiger partial charge in [-0.15, -0.1) is 0 Å². The van der Waals surface area contributed by atoms with Gasteiger partial charge in [-0.25, -0.2) is 22.7 Å². The first kappa shape index (κ1) is 25.8. The highest BCUT2D eigenvalue weighted by Crippen LogP contribution is 2.49. The molecule has 3 aromatic rings. The van der Waals surface area contributed by atoms with Crippen LogP contribution in [0.4, 0.5) is 32.2 Å². The third-order valence-electron chi connectivity index (χ3n) is 6.92. The summed E-state index contributed by atoms with van der Waals surface area (Å²) in [7, 11) is 0. The Morgan fingerprint density at radius 2 is 1.92 bits per heavy atom. The number of aryl methyl sites for hydroxylation is 1. The van der Waals surface area contributed by atoms with Gasteiger partial charge in [0.15, 0.2) is 5.82 Å². The predicted octanol–water partition coefficient (Wildman–Crippen LogP) is 3.49. The number of hydrogen-bond donors (Lipinski definition) is 2. The maximum atomic E-state index is 14.7. The Kier molecular flexibility index (Phi) is 6.03. The first-order chi connectivity index (χ1) is 17.8. The van der Waals surface area contributed by atoms with E-state index in [9.17, 15) is 35.9 Å². The van der Waals surface area contributed by atoms with Crippen molar-refractivity contribution in [3.8, 4) is 11.3 Å². The third-order valence-corrected chi connectivity index (χ3v) is 6.92. The largest absolute Gasteiger partial charge is 0.418 e. The summed E-state index contributed by atoms with van der Waals surface area (Å²) in [4.78, 5) is 30.0. The van der Waals surface area contributed by atoms with E-state index in [0.29, 0.717) is 12.0 Å². The van der Waals surface area contributed by atoms with Crippen LogP contribution in [-0.2, 0) is 17.4 Å². The molecule has 38 heavy (non-hydrogen) atoms. The molecule has 2 fully saturated rings. The van der Waals surface area contributed by atoms with Gasteiger partial charge in [-0.3, -0.25) is 9.59 Å². The zero-order chi connectivity index (χ0) is 27.6. The lowest BCUT2D eigenvalue weighted by Gasteiger charge is -2.18. The van der Waals surface area contributed by atoms with Gasteiger partial charge in [0.2, 0.25) is 5.91 Å². The van der Waals surface area contributed by atoms with Gasteiger partial charge in [0.1, 0.15) is 23.9 Å². The second kappa shape index (κ2) is 8.88. The zero-order valence-electron chi connectivity index (χ0n) is 19.9. The number of hydrogen-bond acceptors (Lipinski definition) is 5. The molecule has 1 aliphatic carbocycles. The number of rotatable bonds is 5. The number of alkyl halides is 6. The van der Waals surface area contributed by atoms with Crippen LogP contribution in [0.2, 0.25) is 0 Å². The van der Waals surface area contributed by atoms with Gasteiger partial charge in [-0.05, 0) is 24.1 Å². The molecule has 2 aliphatic rings. The fraction of sp³-hybridized carbons (Fsp3) is 0.417. The van der Waals surface area contributed by atoms with E-state index in [0.717, 1.165) is 21.8 Å². The summed E-state index contributed by atoms with van der Waals surface area (Å²) in [6.07, 6.45) is -5.62. The van der Waals surface area contributed by atoms with Crippen molar-refractivity contribution in [2.75, 3.05) is 18.8 Å². The molecular formula is C24H22F6N6O2. The molecule has 3 N–H and O–H groups in total. The van der Waals surface area contributed by atoms with Gasteiger partial charge in [0.05, 0.1) is 23.8 Å². The Morgan fingerprint density at radius 1 is 1.21 bits per heavy atom. The zero-order valence-corrected chi connectivity index (χ0v) is 19.9. The minimum atomic E-state index is -4.75. The summed E-state index contributed by atoms with van der Waals surface area (Å²) in [5.41, 5.74) is 5.06. The molecular weight excluding hydrogens is 518 g/mol. The van der Waals surface area contributed by atoms with E-state index < -0.39 is 66.1 Å². The maximum Gasteiger partial charge on any atom is 0.418 e. The van der Waals surface area contributed by atoms with Crippen LogP contribution in [0.15, 0.2) is 30.6 Å². The Hall–Kier alpha value is -3.84. The number of anilines is 1. The molecule has 1 unspecified atom stereocenters. The number of nitrogens with two attached hydrogens (primary N) is 1. The molecule has 14 heteroatoms. The number of fused-ring (bicyclic) bond motifs is 1. The lowest BCUT2D eigenvalue weighted by atomic mass is 9.99. The second-order valence-corrected chi connectivity index (χ2v) is 9.43. The van der Waals surface area contributed by atoms with Crippen molar-refractivity contribution >= 4 is 23.1 Å². The van der Waals surface area contributed by atoms with Gasteiger partial charge < -0.3 is 16.0 Å². The van der Waals surface area contributed by atoms with Crippen molar-refractivity contribution in [1.29, 1.82) is 0 Å². The fourth-order valence-corrected chi connectivity index (χ4v) is 4.77. The van der Waals surface area contributed by atoms with E-state index in [1.165, 1.54) is 12.1 Å². The van der Waals surface area contributed by atoms with Crippen LogP contribution in [0.3, 0.4) is 0 Å². The van der Waals surface area contributed by atoms with E-state index in [2.05, 4.69) is 15.4 Å². The van der Waals surface area contributed by atoms with Gasteiger partial charge in [-0.2, -0.15) is 18.3 Å². The van der Waals surface area contributed by atoms with E-state index in [4.69, 9.17) is 5.73 Å². The molecule has 202 valence electrons. The Balaban J connectivity index is 1.44. The molecule has 0 bridgehead atoms. The molecule has 3 heterocycles. The lowest BCUT2D eigenvalue weighted by Crippen LogP contribution is -2.42. The Morgan fingerprint density at radius 3 is 2.55 bits per heavy atom. The Bertz CT molecular complexity index is 1440. The molecule has 1 saturated heterocycles. The van der Waals surface area contributed by atoms with Gasteiger partial charge in [-0.1, -0.05) is 19.1 Å². The van der Waals surface area contributed by atoms with Crippen molar-refractivity contribution in [3.05, 3.63) is 47.3 Å². The van der Waals surface area contributed by atoms with Crippen molar-refractivity contribution < 1.29 is 35.9 Å². The molecule has 1 saturated carbocycles. The highest BCUT2D eigenvalue weighted by Gasteiger charge is 2.63. The smallest absolute Gasteiger partial charge is 0.382 e. The predicted molar refractivity (Wildman–Crippen MR) is 123 cm³/mol. The number of nitrogens with one attached hydrogen (secondary N) is 1. The minimum Gasteiger partial charge on any atom is -0.382 e. The van der Waals surface area contributed by atoms with Gasteiger partial charge >= 0.3 is 6.18 Å². The lowest BCUT2D eigenvalue weighted by molar-refractivity contribution is -0.136. The summed E-state index contributed by atoms with van der Waals surface area (Å²) < 4.78 is 83.3. The Labute approximate surface area is 211 Å². The molecule has 1 aliphatic heterocycles. The van der Waals surface area contributed by atoms with Crippen molar-refractivity contribution in [2.45, 2.75) is 44.1 Å². The highest BCUT2D eigenvalue weighted by molar-refractivity contribution is 5.97. The standard InChI is InChI=1S/C24H22F6N6O2/c1-2-11-3-4-12(18-6-14(24(28,29)30)19-20(31)32-10-33-36(18)19)5-13(11)21(37)34-17-9-35(8-16(17)25)22(38)15-7-23(15,26)27/h3-6,10,15-17H,2,7-9H2,1H3,(H,34,37)(H2,31,32,33)/t15?,16-,17+/m0/s1. The SMILES string of the molecule is CCc1ccc(-c2cc(C(F)(F)F)c3c(N)ncnn23)cc1C(=O)N[C@@H]1CN(C(=O)C2CC2(F)F)C[C@@H]1F. The molecule has 0 radical (unpaired) electrons. The first-order valence-corrected chi connectivity index (χ1v) is 11.8. The number of benzene rings is 1. The number of amides is 2. The van der Waals surface area contributed by atoms with E-state index in [-0.39, 0.29) is 29.2 Å². The van der Waals surface area contributed by atoms with Crippen molar-refractivity contribution in [2.24, 2.45) is 5.92 Å². The molecule has 3 atom stereocenters. The number of nitrogen functional groups attached to an aromatic ring is 1. The molecule has 2 amide bonds. The van der Waals surface area contributed by atoms with Crippen LogP contribution in [-0.4, -0.2) is 62.5 Å². The molecule has 1 aromatic carbocycles. The maximum absolute atomic E-state index is 14.7. The topological polar surface area (TPSA) is 106 Å². The minimum absolute atomic E-state index is 0.00416. The van der Waals surface area contributed by atoms with E-state index >= 15 is 0 Å². The third kappa shape index (κ3) is 4.41. The number of carbonyl (C=O) groups excluding carboxylic acids is 2. The fourth-order valence-electron chi connectivity index (χ4n) is 4.77. The van der Waals surface area contributed by atoms with Crippen LogP contribution in [0.5, 0.6) is 0 Å². The van der Waals surface area contributed by atoms with Gasteiger partial charge in [0, 0.05) is 24.1 Å². The van der Waals surface area contributed by atoms with Crippen LogP contribution >= 0.6 is 0 Å². The second-order valence-electron chi connectivity index (χ2n) is 9.43. The van der Waals surface area contributed by atoms with Crippen molar-refractivity contribution in [1.82, 2.24) is 24.8 Å². The quantitative estimate of drug-likeness (QED) is 0.482. The number of halogens is 6. The molecule has 8 nitrogen and oxygen atoms in total. The summed E-state index contributed by atoms with van der Waals surface area (Å²) in [6, 6.07) is 4.18. The van der Waals surface area contributed by atoms with Crippen LogP contribution in [0.1, 0.15) is 34.8 Å². The normalized spacial score (nSPS) is 22.6.